The van der Waals surface area contributed by atoms with Crippen LogP contribution in [0.2, 0.25) is 0 Å². The zero-order chi connectivity index (χ0) is 21.2. The number of carbonyl (C=O) groups excluding carboxylic acids is 1. The van der Waals surface area contributed by atoms with E-state index in [0.29, 0.717) is 35.9 Å². The van der Waals surface area contributed by atoms with Crippen LogP contribution < -0.4 is 21.1 Å². The summed E-state index contributed by atoms with van der Waals surface area (Å²) in [5, 5.41) is 16.4. The molecule has 0 aliphatic heterocycles. The number of nitrogens with zero attached hydrogens (tertiary/aromatic N) is 2. The maximum atomic E-state index is 12.0. The van der Waals surface area contributed by atoms with Crippen molar-refractivity contribution in [3.05, 3.63) is 35.7 Å². The number of methoxy groups -OCH3 is 1. The summed E-state index contributed by atoms with van der Waals surface area (Å²) in [7, 11) is 1.53. The van der Waals surface area contributed by atoms with Gasteiger partial charge in [0, 0.05) is 24.6 Å². The van der Waals surface area contributed by atoms with Gasteiger partial charge in [0.25, 0.3) is 0 Å². The van der Waals surface area contributed by atoms with Gasteiger partial charge in [-0.05, 0) is 38.5 Å². The topological polar surface area (TPSA) is 132 Å². The second-order valence-electron chi connectivity index (χ2n) is 7.97. The number of nitrogens with one attached hydrogen (secondary N) is 2. The Hall–Kier alpha value is -3.07. The monoisotopic (exact) mass is 401 g/mol. The number of amides is 1. The number of carbonyl (C=O) groups is 1. The first-order chi connectivity index (χ1) is 13.6. The molecule has 1 aliphatic rings. The molecule has 1 aliphatic carbocycles. The Morgan fingerprint density at radius 2 is 2.07 bits per heavy atom. The number of rotatable bonds is 4. The summed E-state index contributed by atoms with van der Waals surface area (Å²) in [5.74, 6) is 0.908. The highest BCUT2D eigenvalue weighted by Gasteiger charge is 2.30. The predicted octanol–water partition coefficient (Wildman–Crippen LogP) is 2.16. The number of nitrogens with two attached hydrogens (primary N) is 1. The molecule has 3 rings (SSSR count). The summed E-state index contributed by atoms with van der Waals surface area (Å²) in [6.45, 7) is 5.37. The van der Waals surface area contributed by atoms with Gasteiger partial charge >= 0.3 is 6.09 Å². The second-order valence-corrected chi connectivity index (χ2v) is 7.97. The Morgan fingerprint density at radius 3 is 2.76 bits per heavy atom. The number of aliphatic hydroxyl groups excluding tert-OH is 1. The quantitative estimate of drug-likeness (QED) is 0.613. The molecule has 9 nitrogen and oxygen atoms in total. The number of hydrogen-bond donors (Lipinski definition) is 4. The Kier molecular flexibility index (Phi) is 5.78. The van der Waals surface area contributed by atoms with Crippen LogP contribution in [0.4, 0.5) is 22.0 Å². The molecule has 0 radical (unpaired) electrons. The molecule has 156 valence electrons. The second kappa shape index (κ2) is 8.12. The van der Waals surface area contributed by atoms with Gasteiger partial charge < -0.3 is 30.9 Å². The van der Waals surface area contributed by atoms with Gasteiger partial charge in [0.1, 0.15) is 5.60 Å². The van der Waals surface area contributed by atoms with Crippen LogP contribution in [0.25, 0.3) is 0 Å². The van der Waals surface area contributed by atoms with Crippen molar-refractivity contribution < 1.29 is 19.4 Å². The average Bonchev–Trinajstić information content (AvgIpc) is 2.63. The molecule has 2 aromatic rings. The summed E-state index contributed by atoms with van der Waals surface area (Å²) in [6, 6.07) is 4.83. The van der Waals surface area contributed by atoms with Gasteiger partial charge in [0.05, 0.1) is 36.8 Å². The highest BCUT2D eigenvalue weighted by Crippen LogP contribution is 2.27. The lowest BCUT2D eigenvalue weighted by Gasteiger charge is -2.31. The lowest BCUT2D eigenvalue weighted by atomic mass is 9.89. The van der Waals surface area contributed by atoms with Crippen LogP contribution in [0.5, 0.6) is 5.88 Å². The largest absolute Gasteiger partial charge is 0.481 e. The smallest absolute Gasteiger partial charge is 0.407 e. The fourth-order valence-electron chi connectivity index (χ4n) is 3.09. The molecule has 0 spiro atoms. The Labute approximate surface area is 169 Å². The number of ether oxygens (including phenoxy) is 2. The highest BCUT2D eigenvalue weighted by molar-refractivity contribution is 5.70. The Balaban J connectivity index is 1.72. The fourth-order valence-corrected chi connectivity index (χ4v) is 3.09. The fraction of sp³-hybridized carbons (Fsp3) is 0.450. The highest BCUT2D eigenvalue weighted by atomic mass is 16.6. The van der Waals surface area contributed by atoms with Crippen LogP contribution in [0.1, 0.15) is 32.0 Å². The van der Waals surface area contributed by atoms with E-state index in [0.717, 1.165) is 11.3 Å². The van der Waals surface area contributed by atoms with Gasteiger partial charge in [0.2, 0.25) is 5.88 Å². The van der Waals surface area contributed by atoms with Crippen LogP contribution in [-0.2, 0) is 17.6 Å². The minimum absolute atomic E-state index is 0.360. The zero-order valence-corrected chi connectivity index (χ0v) is 17.0. The summed E-state index contributed by atoms with van der Waals surface area (Å²) in [5.41, 5.74) is 8.25. The molecule has 5 N–H and O–H groups in total. The number of nitrogen functional groups attached to an aromatic ring is 1. The van der Waals surface area contributed by atoms with E-state index >= 15 is 0 Å². The molecule has 0 saturated carbocycles. The lowest BCUT2D eigenvalue weighted by molar-refractivity contribution is 0.0411. The SMILES string of the molecule is COc1ccc(N)c(Nc2cnc3c(c2)C[C@H](O)[C@@H](NC(=O)OC(C)(C)C)C3)n1. The Bertz CT molecular complexity index is 897. The summed E-state index contributed by atoms with van der Waals surface area (Å²) in [4.78, 5) is 20.8. The molecular weight excluding hydrogens is 374 g/mol. The first-order valence-electron chi connectivity index (χ1n) is 9.37. The lowest BCUT2D eigenvalue weighted by Crippen LogP contribution is -2.49. The summed E-state index contributed by atoms with van der Waals surface area (Å²) < 4.78 is 10.4. The van der Waals surface area contributed by atoms with Crippen LogP contribution in [0.3, 0.4) is 0 Å². The molecule has 0 saturated heterocycles. The van der Waals surface area contributed by atoms with Gasteiger partial charge in [-0.3, -0.25) is 4.98 Å². The van der Waals surface area contributed by atoms with Gasteiger partial charge in [0.15, 0.2) is 5.82 Å². The van der Waals surface area contributed by atoms with E-state index in [1.807, 2.05) is 6.07 Å². The Morgan fingerprint density at radius 1 is 1.31 bits per heavy atom. The normalized spacial score (nSPS) is 18.5. The third kappa shape index (κ3) is 5.26. The molecule has 0 fully saturated rings. The maximum Gasteiger partial charge on any atom is 0.407 e. The molecule has 0 aromatic carbocycles. The van der Waals surface area contributed by atoms with Crippen molar-refractivity contribution in [2.45, 2.75) is 51.4 Å². The van der Waals surface area contributed by atoms with Crippen LogP contribution in [0, 0.1) is 0 Å². The molecule has 2 aromatic heterocycles. The number of fused-ring (bicyclic) bond motifs is 1. The van der Waals surface area contributed by atoms with Crippen LogP contribution in [0.15, 0.2) is 24.4 Å². The average molecular weight is 401 g/mol. The van der Waals surface area contributed by atoms with E-state index in [-0.39, 0.29) is 0 Å². The number of aliphatic hydroxyl groups is 1. The zero-order valence-electron chi connectivity index (χ0n) is 17.0. The van der Waals surface area contributed by atoms with E-state index in [2.05, 4.69) is 20.6 Å². The van der Waals surface area contributed by atoms with E-state index in [9.17, 15) is 9.90 Å². The van der Waals surface area contributed by atoms with Crippen LogP contribution >= 0.6 is 0 Å². The molecule has 0 unspecified atom stereocenters. The van der Waals surface area contributed by atoms with Crippen molar-refractivity contribution in [3.63, 3.8) is 0 Å². The first-order valence-corrected chi connectivity index (χ1v) is 9.37. The van der Waals surface area contributed by atoms with Crippen molar-refractivity contribution >= 4 is 23.3 Å². The van der Waals surface area contributed by atoms with E-state index in [1.54, 1.807) is 39.1 Å². The van der Waals surface area contributed by atoms with Crippen LogP contribution in [-0.4, -0.2) is 46.0 Å². The number of hydrogen-bond acceptors (Lipinski definition) is 8. The number of alkyl carbamates (subject to hydrolysis) is 1. The molecule has 9 heteroatoms. The van der Waals surface area contributed by atoms with E-state index in [1.165, 1.54) is 7.11 Å². The van der Waals surface area contributed by atoms with Crippen molar-refractivity contribution in [2.75, 3.05) is 18.2 Å². The number of aromatic nitrogens is 2. The summed E-state index contributed by atoms with van der Waals surface area (Å²) in [6.07, 6.45) is 1.14. The summed E-state index contributed by atoms with van der Waals surface area (Å²) >= 11 is 0. The molecular formula is C20H27N5O4. The molecule has 2 atom stereocenters. The number of anilines is 3. The van der Waals surface area contributed by atoms with Gasteiger partial charge in [-0.15, -0.1) is 0 Å². The minimum atomic E-state index is -0.743. The van der Waals surface area contributed by atoms with Crippen molar-refractivity contribution in [2.24, 2.45) is 0 Å². The van der Waals surface area contributed by atoms with Crippen molar-refractivity contribution in [1.29, 1.82) is 0 Å². The van der Waals surface area contributed by atoms with E-state index in [4.69, 9.17) is 15.2 Å². The third-order valence-corrected chi connectivity index (χ3v) is 4.44. The van der Waals surface area contributed by atoms with Gasteiger partial charge in [-0.25, -0.2) is 4.79 Å². The third-order valence-electron chi connectivity index (χ3n) is 4.44. The van der Waals surface area contributed by atoms with Gasteiger partial charge in [-0.2, -0.15) is 4.98 Å². The maximum absolute atomic E-state index is 12.0. The molecule has 2 heterocycles. The van der Waals surface area contributed by atoms with E-state index < -0.39 is 23.8 Å². The van der Waals surface area contributed by atoms with Crippen molar-refractivity contribution in [3.8, 4) is 5.88 Å². The minimum Gasteiger partial charge on any atom is -0.481 e. The molecule has 29 heavy (non-hydrogen) atoms. The standard InChI is InChI=1S/C20H27N5O4/c1-20(2,3)29-19(27)24-15-9-14-11(8-16(15)26)7-12(10-22-14)23-18-13(21)5-6-17(25-18)28-4/h5-7,10,15-16,26H,8-9,21H2,1-4H3,(H,23,25)(H,24,27)/t15-,16-/m0/s1. The molecule has 0 bridgehead atoms. The van der Waals surface area contributed by atoms with Gasteiger partial charge in [-0.1, -0.05) is 0 Å². The molecule has 1 amide bonds. The predicted molar refractivity (Wildman–Crippen MR) is 109 cm³/mol. The van der Waals surface area contributed by atoms with Crippen molar-refractivity contribution in [1.82, 2.24) is 15.3 Å². The first kappa shape index (κ1) is 20.7. The number of pyridine rings is 2.